The Morgan fingerprint density at radius 3 is 2.70 bits per heavy atom. The molecule has 0 aliphatic heterocycles. The molecule has 2 aromatic rings. The highest BCUT2D eigenvalue weighted by molar-refractivity contribution is 6.31. The Morgan fingerprint density at radius 1 is 1.26 bits per heavy atom. The van der Waals surface area contributed by atoms with Crippen LogP contribution in [0.25, 0.3) is 0 Å². The van der Waals surface area contributed by atoms with Gasteiger partial charge in [0.05, 0.1) is 19.9 Å². The number of benzene rings is 1. The van der Waals surface area contributed by atoms with Crippen LogP contribution in [0, 0.1) is 6.92 Å². The normalized spacial score (nSPS) is 10.2. The maximum absolute atomic E-state index is 11.8. The number of nitrogens with one attached hydrogen (secondary N) is 1. The average Bonchev–Trinajstić information content (AvgIpc) is 2.55. The first-order valence-electron chi connectivity index (χ1n) is 7.27. The minimum absolute atomic E-state index is 0.0986. The van der Waals surface area contributed by atoms with Crippen molar-refractivity contribution in [3.05, 3.63) is 47.1 Å². The summed E-state index contributed by atoms with van der Waals surface area (Å²) in [6.07, 6.45) is 2.53. The molecule has 0 radical (unpaired) electrons. The molecule has 6 heteroatoms. The number of carbonyl (C=O) groups is 1. The summed E-state index contributed by atoms with van der Waals surface area (Å²) in [5.41, 5.74) is 0.965. The molecule has 1 aromatic carbocycles. The third kappa shape index (κ3) is 5.45. The van der Waals surface area contributed by atoms with Gasteiger partial charge in [-0.3, -0.25) is 4.79 Å². The van der Waals surface area contributed by atoms with Gasteiger partial charge in [-0.05, 0) is 49.2 Å². The SMILES string of the molecule is COc1ccc(NC(=O)CCCOc2ccc(Cl)c(C)c2)nc1. The zero-order valence-electron chi connectivity index (χ0n) is 13.1. The summed E-state index contributed by atoms with van der Waals surface area (Å²) in [6, 6.07) is 8.94. The number of amides is 1. The van der Waals surface area contributed by atoms with E-state index in [-0.39, 0.29) is 5.91 Å². The standard InChI is InChI=1S/C17H19ClN2O3/c1-12-10-13(5-7-15(12)18)23-9-3-4-17(21)20-16-8-6-14(22-2)11-19-16/h5-8,10-11H,3-4,9H2,1-2H3,(H,19,20,21). The van der Waals surface area contributed by atoms with Gasteiger partial charge in [-0.25, -0.2) is 4.98 Å². The monoisotopic (exact) mass is 334 g/mol. The molecule has 0 fully saturated rings. The molecule has 1 heterocycles. The van der Waals surface area contributed by atoms with E-state index in [0.717, 1.165) is 11.3 Å². The Kier molecular flexibility index (Phi) is 6.23. The molecule has 0 spiro atoms. The maximum atomic E-state index is 11.8. The Labute approximate surface area is 140 Å². The second kappa shape index (κ2) is 8.39. The summed E-state index contributed by atoms with van der Waals surface area (Å²) in [5, 5.41) is 3.44. The van der Waals surface area contributed by atoms with Crippen molar-refractivity contribution < 1.29 is 14.3 Å². The molecule has 0 aliphatic rings. The van der Waals surface area contributed by atoms with Gasteiger partial charge in [0, 0.05) is 11.4 Å². The summed E-state index contributed by atoms with van der Waals surface area (Å²) in [7, 11) is 1.57. The van der Waals surface area contributed by atoms with Crippen molar-refractivity contribution >= 4 is 23.3 Å². The lowest BCUT2D eigenvalue weighted by atomic mass is 10.2. The fourth-order valence-corrected chi connectivity index (χ4v) is 2.03. The largest absolute Gasteiger partial charge is 0.495 e. The third-order valence-electron chi connectivity index (χ3n) is 3.19. The average molecular weight is 335 g/mol. The van der Waals surface area contributed by atoms with Gasteiger partial charge in [-0.1, -0.05) is 11.6 Å². The van der Waals surface area contributed by atoms with Gasteiger partial charge in [0.1, 0.15) is 17.3 Å². The second-order valence-corrected chi connectivity index (χ2v) is 5.40. The van der Waals surface area contributed by atoms with Crippen LogP contribution >= 0.6 is 11.6 Å². The molecule has 1 amide bonds. The fourth-order valence-electron chi connectivity index (χ4n) is 1.91. The van der Waals surface area contributed by atoms with Crippen molar-refractivity contribution in [1.82, 2.24) is 4.98 Å². The maximum Gasteiger partial charge on any atom is 0.225 e. The van der Waals surface area contributed by atoms with E-state index in [1.54, 1.807) is 31.5 Å². The second-order valence-electron chi connectivity index (χ2n) is 4.99. The van der Waals surface area contributed by atoms with Gasteiger partial charge in [0.25, 0.3) is 0 Å². The van der Waals surface area contributed by atoms with Gasteiger partial charge in [-0.2, -0.15) is 0 Å². The molecule has 0 atom stereocenters. The lowest BCUT2D eigenvalue weighted by molar-refractivity contribution is -0.116. The number of nitrogens with zero attached hydrogens (tertiary/aromatic N) is 1. The number of methoxy groups -OCH3 is 1. The summed E-state index contributed by atoms with van der Waals surface area (Å²) in [4.78, 5) is 15.9. The molecule has 23 heavy (non-hydrogen) atoms. The molecule has 5 nitrogen and oxygen atoms in total. The molecule has 0 aliphatic carbocycles. The van der Waals surface area contributed by atoms with E-state index in [4.69, 9.17) is 21.1 Å². The Hall–Kier alpha value is -2.27. The minimum Gasteiger partial charge on any atom is -0.495 e. The van der Waals surface area contributed by atoms with Crippen LogP contribution in [-0.2, 0) is 4.79 Å². The first kappa shape index (κ1) is 17.1. The first-order valence-corrected chi connectivity index (χ1v) is 7.65. The number of hydrogen-bond donors (Lipinski definition) is 1. The van der Waals surface area contributed by atoms with Gasteiger partial charge in [0.15, 0.2) is 0 Å². The van der Waals surface area contributed by atoms with Crippen molar-refractivity contribution in [2.45, 2.75) is 19.8 Å². The van der Waals surface area contributed by atoms with E-state index >= 15 is 0 Å². The van der Waals surface area contributed by atoms with Crippen LogP contribution in [0.5, 0.6) is 11.5 Å². The lowest BCUT2D eigenvalue weighted by Gasteiger charge is -2.08. The quantitative estimate of drug-likeness (QED) is 0.781. The van der Waals surface area contributed by atoms with Crippen molar-refractivity contribution in [1.29, 1.82) is 0 Å². The third-order valence-corrected chi connectivity index (χ3v) is 3.61. The molecular formula is C17H19ClN2O3. The van der Waals surface area contributed by atoms with E-state index in [2.05, 4.69) is 10.3 Å². The highest BCUT2D eigenvalue weighted by atomic mass is 35.5. The van der Waals surface area contributed by atoms with Crippen LogP contribution in [-0.4, -0.2) is 24.6 Å². The number of hydrogen-bond acceptors (Lipinski definition) is 4. The molecule has 0 unspecified atom stereocenters. The van der Waals surface area contributed by atoms with Crippen LogP contribution in [0.4, 0.5) is 5.82 Å². The van der Waals surface area contributed by atoms with Crippen LogP contribution < -0.4 is 14.8 Å². The van der Waals surface area contributed by atoms with E-state index in [1.165, 1.54) is 0 Å². The number of carbonyl (C=O) groups excluding carboxylic acids is 1. The Morgan fingerprint density at radius 2 is 2.04 bits per heavy atom. The number of anilines is 1. The number of aryl methyl sites for hydroxylation is 1. The molecule has 0 saturated carbocycles. The predicted octanol–water partition coefficient (Wildman–Crippen LogP) is 3.85. The zero-order valence-corrected chi connectivity index (χ0v) is 13.9. The number of pyridine rings is 1. The highest BCUT2D eigenvalue weighted by Crippen LogP contribution is 2.21. The number of aromatic nitrogens is 1. The summed E-state index contributed by atoms with van der Waals surface area (Å²) in [6.45, 7) is 2.38. The molecule has 0 saturated heterocycles. The van der Waals surface area contributed by atoms with E-state index in [0.29, 0.717) is 36.0 Å². The van der Waals surface area contributed by atoms with Crippen molar-refractivity contribution in [3.8, 4) is 11.5 Å². The first-order chi connectivity index (χ1) is 11.1. The Bertz CT molecular complexity index is 659. The summed E-state index contributed by atoms with van der Waals surface area (Å²) < 4.78 is 10.6. The molecule has 122 valence electrons. The van der Waals surface area contributed by atoms with Crippen LogP contribution in [0.2, 0.25) is 5.02 Å². The topological polar surface area (TPSA) is 60.5 Å². The van der Waals surface area contributed by atoms with Crippen molar-refractivity contribution in [2.75, 3.05) is 19.0 Å². The van der Waals surface area contributed by atoms with Gasteiger partial charge < -0.3 is 14.8 Å². The predicted molar refractivity (Wildman–Crippen MR) is 90.3 cm³/mol. The van der Waals surface area contributed by atoms with Crippen LogP contribution in [0.1, 0.15) is 18.4 Å². The van der Waals surface area contributed by atoms with Crippen LogP contribution in [0.15, 0.2) is 36.5 Å². The number of ether oxygens (including phenoxy) is 2. The minimum atomic E-state index is -0.0986. The molecule has 0 bridgehead atoms. The smallest absolute Gasteiger partial charge is 0.225 e. The van der Waals surface area contributed by atoms with Crippen molar-refractivity contribution in [3.63, 3.8) is 0 Å². The van der Waals surface area contributed by atoms with Gasteiger partial charge in [0.2, 0.25) is 5.91 Å². The number of halogens is 1. The van der Waals surface area contributed by atoms with Gasteiger partial charge >= 0.3 is 0 Å². The van der Waals surface area contributed by atoms with E-state index < -0.39 is 0 Å². The fraction of sp³-hybridized carbons (Fsp3) is 0.294. The van der Waals surface area contributed by atoms with E-state index in [9.17, 15) is 4.79 Å². The molecular weight excluding hydrogens is 316 g/mol. The molecule has 1 aromatic heterocycles. The van der Waals surface area contributed by atoms with E-state index in [1.807, 2.05) is 19.1 Å². The summed E-state index contributed by atoms with van der Waals surface area (Å²) >= 11 is 5.96. The summed E-state index contributed by atoms with van der Waals surface area (Å²) in [5.74, 6) is 1.81. The zero-order chi connectivity index (χ0) is 16.7. The van der Waals surface area contributed by atoms with Crippen LogP contribution in [0.3, 0.4) is 0 Å². The molecule has 2 rings (SSSR count). The van der Waals surface area contributed by atoms with Crippen molar-refractivity contribution in [2.24, 2.45) is 0 Å². The Balaban J connectivity index is 1.70. The number of rotatable bonds is 7. The molecule has 1 N–H and O–H groups in total. The highest BCUT2D eigenvalue weighted by Gasteiger charge is 2.04. The van der Waals surface area contributed by atoms with Gasteiger partial charge in [-0.15, -0.1) is 0 Å². The lowest BCUT2D eigenvalue weighted by Crippen LogP contribution is -2.13.